The fraction of sp³-hybridized carbons (Fsp3) is 0.438. The zero-order valence-electron chi connectivity index (χ0n) is 13.5. The maximum absolute atomic E-state index is 12.6. The first kappa shape index (κ1) is 18.2. The smallest absolute Gasteiger partial charge is 0.272 e. The van der Waals surface area contributed by atoms with Crippen molar-refractivity contribution in [1.82, 2.24) is 9.71 Å². The van der Waals surface area contributed by atoms with Crippen molar-refractivity contribution < 1.29 is 21.9 Å². The van der Waals surface area contributed by atoms with Crippen molar-refractivity contribution in [2.75, 3.05) is 6.61 Å². The summed E-state index contributed by atoms with van der Waals surface area (Å²) in [6.45, 7) is 1.20. The molecule has 2 aromatic rings. The van der Waals surface area contributed by atoms with Crippen molar-refractivity contribution in [3.8, 4) is 5.75 Å². The van der Waals surface area contributed by atoms with Gasteiger partial charge < -0.3 is 4.74 Å². The average molecular weight is 388 g/mol. The van der Waals surface area contributed by atoms with Crippen molar-refractivity contribution in [3.63, 3.8) is 0 Å². The summed E-state index contributed by atoms with van der Waals surface area (Å²) in [7, 11) is -3.74. The third kappa shape index (κ3) is 4.74. The number of alkyl halides is 2. The summed E-state index contributed by atoms with van der Waals surface area (Å²) in [6.07, 6.45) is 1.09. The van der Waals surface area contributed by atoms with Gasteiger partial charge in [-0.3, -0.25) is 0 Å². The number of hydrogen-bond donors (Lipinski definition) is 1. The lowest BCUT2D eigenvalue weighted by atomic mass is 10.2. The molecule has 0 amide bonds. The van der Waals surface area contributed by atoms with E-state index in [9.17, 15) is 17.2 Å². The van der Waals surface area contributed by atoms with Crippen LogP contribution in [0.2, 0.25) is 0 Å². The van der Waals surface area contributed by atoms with E-state index in [4.69, 9.17) is 4.74 Å². The van der Waals surface area contributed by atoms with Gasteiger partial charge in [-0.05, 0) is 49.9 Å². The Labute approximate surface area is 149 Å². The second-order valence-electron chi connectivity index (χ2n) is 5.92. The van der Waals surface area contributed by atoms with Crippen LogP contribution in [0, 0.1) is 12.8 Å². The summed E-state index contributed by atoms with van der Waals surface area (Å²) in [6, 6.07) is 5.10. The molecule has 25 heavy (non-hydrogen) atoms. The van der Waals surface area contributed by atoms with Gasteiger partial charge >= 0.3 is 0 Å². The highest BCUT2D eigenvalue weighted by Crippen LogP contribution is 2.42. The molecular formula is C16H18F2N2O3S2. The first-order chi connectivity index (χ1) is 11.8. The topological polar surface area (TPSA) is 68.3 Å². The Kier molecular flexibility index (Phi) is 5.35. The van der Waals surface area contributed by atoms with Crippen LogP contribution >= 0.6 is 11.3 Å². The predicted molar refractivity (Wildman–Crippen MR) is 90.6 cm³/mol. The minimum atomic E-state index is -3.74. The molecule has 0 radical (unpaired) electrons. The first-order valence-corrected chi connectivity index (χ1v) is 10.1. The molecule has 1 heterocycles. The number of sulfonamides is 1. The molecule has 1 aliphatic carbocycles. The van der Waals surface area contributed by atoms with E-state index in [-0.39, 0.29) is 22.6 Å². The summed E-state index contributed by atoms with van der Waals surface area (Å²) in [5.41, 5.74) is 0. The van der Waals surface area contributed by atoms with Gasteiger partial charge in [-0.1, -0.05) is 0 Å². The number of nitrogens with zero attached hydrogens (tertiary/aromatic N) is 1. The number of aryl methyl sites for hydroxylation is 1. The maximum Gasteiger partial charge on any atom is 0.272 e. The predicted octanol–water partition coefficient (Wildman–Crippen LogP) is 3.53. The number of aromatic nitrogens is 1. The molecule has 0 unspecified atom stereocenters. The lowest BCUT2D eigenvalue weighted by Gasteiger charge is -2.16. The fourth-order valence-corrected chi connectivity index (χ4v) is 4.67. The molecule has 136 valence electrons. The molecule has 0 saturated heterocycles. The van der Waals surface area contributed by atoms with Crippen LogP contribution in [-0.2, 0) is 10.0 Å². The average Bonchev–Trinajstić information content (AvgIpc) is 3.32. The van der Waals surface area contributed by atoms with Gasteiger partial charge in [0.2, 0.25) is 10.0 Å². The lowest BCUT2D eigenvalue weighted by Crippen LogP contribution is -2.30. The van der Waals surface area contributed by atoms with Crippen molar-refractivity contribution in [3.05, 3.63) is 40.3 Å². The van der Waals surface area contributed by atoms with Gasteiger partial charge in [0, 0.05) is 11.1 Å². The minimum Gasteiger partial charge on any atom is -0.488 e. The number of halogens is 2. The highest BCUT2D eigenvalue weighted by Gasteiger charge is 2.37. The van der Waals surface area contributed by atoms with Gasteiger partial charge in [0.15, 0.2) is 0 Å². The summed E-state index contributed by atoms with van der Waals surface area (Å²) < 4.78 is 57.1. The number of rotatable bonds is 8. The van der Waals surface area contributed by atoms with E-state index in [1.165, 1.54) is 35.6 Å². The van der Waals surface area contributed by atoms with E-state index in [2.05, 4.69) is 9.71 Å². The number of hydrogen-bond acceptors (Lipinski definition) is 5. The third-order valence-electron chi connectivity index (χ3n) is 3.79. The number of nitrogens with one attached hydrogen (secondary N) is 1. The molecule has 1 N–H and O–H groups in total. The van der Waals surface area contributed by atoms with Gasteiger partial charge in [0.25, 0.3) is 6.43 Å². The standard InChI is InChI=1S/C16H18F2N2O3S2/c1-10-8-19-16(24-10)15(11-2-3-11)20-25(21,22)13-6-4-12(5-7-13)23-9-14(17)18/h4-8,11,14-15,20H,2-3,9H2,1H3/t15-/m1/s1. The van der Waals surface area contributed by atoms with Crippen LogP contribution < -0.4 is 9.46 Å². The molecule has 9 heteroatoms. The Hall–Kier alpha value is -1.58. The van der Waals surface area contributed by atoms with Crippen molar-refractivity contribution in [2.45, 2.75) is 37.1 Å². The fourth-order valence-electron chi connectivity index (χ4n) is 2.40. The Morgan fingerprint density at radius 3 is 2.52 bits per heavy atom. The zero-order chi connectivity index (χ0) is 18.0. The van der Waals surface area contributed by atoms with E-state index >= 15 is 0 Å². The van der Waals surface area contributed by atoms with Crippen LogP contribution in [0.3, 0.4) is 0 Å². The van der Waals surface area contributed by atoms with Gasteiger partial charge in [-0.2, -0.15) is 0 Å². The molecule has 0 spiro atoms. The largest absolute Gasteiger partial charge is 0.488 e. The van der Waals surface area contributed by atoms with Crippen molar-refractivity contribution >= 4 is 21.4 Å². The van der Waals surface area contributed by atoms with Crippen LogP contribution in [0.15, 0.2) is 35.4 Å². The summed E-state index contributed by atoms with van der Waals surface area (Å²) in [5.74, 6) is 0.461. The first-order valence-electron chi connectivity index (χ1n) is 7.81. The highest BCUT2D eigenvalue weighted by atomic mass is 32.2. The van der Waals surface area contributed by atoms with E-state index in [1.54, 1.807) is 6.20 Å². The molecule has 3 rings (SSSR count). The molecule has 0 aliphatic heterocycles. The molecular weight excluding hydrogens is 370 g/mol. The van der Waals surface area contributed by atoms with Crippen molar-refractivity contribution in [1.29, 1.82) is 0 Å². The molecule has 0 bridgehead atoms. The third-order valence-corrected chi connectivity index (χ3v) is 6.24. The van der Waals surface area contributed by atoms with Crippen LogP contribution in [-0.4, -0.2) is 26.4 Å². The molecule has 1 aromatic heterocycles. The van der Waals surface area contributed by atoms with Crippen LogP contribution in [0.4, 0.5) is 8.78 Å². The Bertz CT molecular complexity index is 818. The molecule has 1 saturated carbocycles. The van der Waals surface area contributed by atoms with Gasteiger partial charge in [-0.15, -0.1) is 11.3 Å². The maximum atomic E-state index is 12.6. The zero-order valence-corrected chi connectivity index (χ0v) is 15.1. The molecule has 1 fully saturated rings. The van der Waals surface area contributed by atoms with Gasteiger partial charge in [0.1, 0.15) is 17.4 Å². The SMILES string of the molecule is Cc1cnc([C@H](NS(=O)(=O)c2ccc(OCC(F)F)cc2)C2CC2)s1. The number of thiazole rings is 1. The van der Waals surface area contributed by atoms with Gasteiger partial charge in [0.05, 0.1) is 10.9 Å². The van der Waals surface area contributed by atoms with E-state index in [1.807, 2.05) is 6.92 Å². The Morgan fingerprint density at radius 1 is 1.32 bits per heavy atom. The van der Waals surface area contributed by atoms with Crippen molar-refractivity contribution in [2.24, 2.45) is 5.92 Å². The van der Waals surface area contributed by atoms with Crippen LogP contribution in [0.5, 0.6) is 5.75 Å². The number of benzene rings is 1. The Morgan fingerprint density at radius 2 is 2.00 bits per heavy atom. The monoisotopic (exact) mass is 388 g/mol. The summed E-state index contributed by atoms with van der Waals surface area (Å²) >= 11 is 1.48. The molecule has 1 aliphatic rings. The van der Waals surface area contributed by atoms with E-state index < -0.39 is 23.1 Å². The summed E-state index contributed by atoms with van der Waals surface area (Å²) in [5, 5.41) is 0.764. The summed E-state index contributed by atoms with van der Waals surface area (Å²) in [4.78, 5) is 5.40. The highest BCUT2D eigenvalue weighted by molar-refractivity contribution is 7.89. The lowest BCUT2D eigenvalue weighted by molar-refractivity contribution is 0.0819. The molecule has 1 aromatic carbocycles. The number of ether oxygens (including phenoxy) is 1. The van der Waals surface area contributed by atoms with E-state index in [0.717, 1.165) is 22.7 Å². The second kappa shape index (κ2) is 7.35. The Balaban J connectivity index is 1.74. The van der Waals surface area contributed by atoms with Crippen LogP contribution in [0.1, 0.15) is 28.8 Å². The van der Waals surface area contributed by atoms with Gasteiger partial charge in [-0.25, -0.2) is 26.9 Å². The molecule has 1 atom stereocenters. The van der Waals surface area contributed by atoms with Crippen LogP contribution in [0.25, 0.3) is 0 Å². The van der Waals surface area contributed by atoms with E-state index in [0.29, 0.717) is 0 Å². The quantitative estimate of drug-likeness (QED) is 0.751. The second-order valence-corrected chi connectivity index (χ2v) is 8.90. The molecule has 5 nitrogen and oxygen atoms in total. The normalized spacial score (nSPS) is 16.2. The minimum absolute atomic E-state index is 0.0656.